The van der Waals surface area contributed by atoms with E-state index in [0.717, 1.165) is 0 Å². The fourth-order valence-electron chi connectivity index (χ4n) is 5.16. The maximum Gasteiger partial charge on any atom is 0.337 e. The van der Waals surface area contributed by atoms with Crippen molar-refractivity contribution in [2.24, 2.45) is 10.8 Å². The highest BCUT2D eigenvalue weighted by Crippen LogP contribution is 2.42. The first-order valence-electron chi connectivity index (χ1n) is 15.9. The van der Waals surface area contributed by atoms with Crippen molar-refractivity contribution in [1.29, 1.82) is 0 Å². The number of rotatable bonds is 12. The molecule has 0 heterocycles. The Morgan fingerprint density at radius 1 is 0.700 bits per heavy atom. The van der Waals surface area contributed by atoms with Crippen molar-refractivity contribution in [3.63, 3.8) is 0 Å². The van der Waals surface area contributed by atoms with Gasteiger partial charge in [-0.25, -0.2) is 13.6 Å². The van der Waals surface area contributed by atoms with Gasteiger partial charge in [-0.15, -0.1) is 13.2 Å². The predicted octanol–water partition coefficient (Wildman–Crippen LogP) is 8.77. The number of benzene rings is 4. The van der Waals surface area contributed by atoms with Gasteiger partial charge in [0, 0.05) is 22.0 Å². The Bertz CT molecular complexity index is 1830. The Morgan fingerprint density at radius 2 is 1.14 bits per heavy atom. The quantitative estimate of drug-likeness (QED) is 0.101. The first kappa shape index (κ1) is 39.6. The SMILES string of the molecule is C=CC(C)(C)C(O)c1cc(C(=O)OC)ccc1-c1cc(OC)ccc1F.C=CC(C)(C)C(O)c1cc(CO)ccc1-c1cc(OC)ccc1F. The van der Waals surface area contributed by atoms with E-state index < -0.39 is 40.6 Å². The topological polar surface area (TPSA) is 105 Å². The number of carbonyl (C=O) groups is 1. The van der Waals surface area contributed by atoms with Crippen LogP contribution in [0.3, 0.4) is 0 Å². The van der Waals surface area contributed by atoms with Crippen LogP contribution in [0.25, 0.3) is 22.3 Å². The number of carbonyl (C=O) groups excluding carboxylic acids is 1. The lowest BCUT2D eigenvalue weighted by atomic mass is 9.79. The summed E-state index contributed by atoms with van der Waals surface area (Å²) in [6.45, 7) is 14.7. The second-order valence-corrected chi connectivity index (χ2v) is 12.9. The van der Waals surface area contributed by atoms with E-state index in [0.29, 0.717) is 44.9 Å². The average molecular weight is 689 g/mol. The normalized spacial score (nSPS) is 12.6. The van der Waals surface area contributed by atoms with Crippen LogP contribution in [-0.2, 0) is 11.3 Å². The summed E-state index contributed by atoms with van der Waals surface area (Å²) in [6.07, 6.45) is 1.37. The van der Waals surface area contributed by atoms with Crippen LogP contribution in [0, 0.1) is 22.5 Å². The number of esters is 1. The summed E-state index contributed by atoms with van der Waals surface area (Å²) in [5.74, 6) is -0.380. The molecule has 4 aromatic rings. The van der Waals surface area contributed by atoms with Crippen LogP contribution in [0.15, 0.2) is 98.1 Å². The molecule has 266 valence electrons. The molecule has 0 amide bonds. The molecule has 2 unspecified atom stereocenters. The van der Waals surface area contributed by atoms with Crippen LogP contribution in [0.5, 0.6) is 11.5 Å². The summed E-state index contributed by atoms with van der Waals surface area (Å²) >= 11 is 0. The zero-order valence-electron chi connectivity index (χ0n) is 29.6. The molecular formula is C41H46F2O7. The molecule has 0 aliphatic rings. The van der Waals surface area contributed by atoms with E-state index in [9.17, 15) is 28.9 Å². The number of ether oxygens (including phenoxy) is 3. The van der Waals surface area contributed by atoms with Crippen molar-refractivity contribution < 1.29 is 43.1 Å². The van der Waals surface area contributed by atoms with Crippen molar-refractivity contribution in [1.82, 2.24) is 0 Å². The predicted molar refractivity (Wildman–Crippen MR) is 192 cm³/mol. The third-order valence-corrected chi connectivity index (χ3v) is 8.75. The summed E-state index contributed by atoms with van der Waals surface area (Å²) in [4.78, 5) is 11.9. The number of hydrogen-bond acceptors (Lipinski definition) is 7. The fourth-order valence-corrected chi connectivity index (χ4v) is 5.16. The minimum Gasteiger partial charge on any atom is -0.497 e. The van der Waals surface area contributed by atoms with Crippen LogP contribution < -0.4 is 9.47 Å². The smallest absolute Gasteiger partial charge is 0.337 e. The number of aliphatic hydroxyl groups excluding tert-OH is 3. The molecule has 0 aliphatic carbocycles. The maximum atomic E-state index is 14.5. The average Bonchev–Trinajstić information content (AvgIpc) is 3.14. The second-order valence-electron chi connectivity index (χ2n) is 12.9. The van der Waals surface area contributed by atoms with Crippen LogP contribution in [0.1, 0.15) is 67.0 Å². The molecule has 0 radical (unpaired) electrons. The molecule has 9 heteroatoms. The minimum atomic E-state index is -1.01. The van der Waals surface area contributed by atoms with Crippen LogP contribution in [-0.4, -0.2) is 42.6 Å². The van der Waals surface area contributed by atoms with Crippen molar-refractivity contribution in [2.45, 2.75) is 46.5 Å². The molecule has 50 heavy (non-hydrogen) atoms. The zero-order valence-corrected chi connectivity index (χ0v) is 29.6. The van der Waals surface area contributed by atoms with Crippen molar-refractivity contribution in [3.8, 4) is 33.8 Å². The highest BCUT2D eigenvalue weighted by atomic mass is 19.1. The molecule has 0 saturated carbocycles. The van der Waals surface area contributed by atoms with E-state index >= 15 is 0 Å². The van der Waals surface area contributed by atoms with Gasteiger partial charge in [0.2, 0.25) is 0 Å². The van der Waals surface area contributed by atoms with Crippen molar-refractivity contribution >= 4 is 5.97 Å². The van der Waals surface area contributed by atoms with Gasteiger partial charge in [-0.3, -0.25) is 0 Å². The van der Waals surface area contributed by atoms with E-state index in [1.54, 1.807) is 68.5 Å². The fraction of sp³-hybridized carbons (Fsp3) is 0.293. The second kappa shape index (κ2) is 16.7. The molecule has 0 saturated heterocycles. The Hall–Kier alpha value is -4.83. The molecule has 0 spiro atoms. The molecular weight excluding hydrogens is 642 g/mol. The minimum absolute atomic E-state index is 0.158. The first-order chi connectivity index (χ1) is 23.6. The number of hydrogen-bond donors (Lipinski definition) is 3. The van der Waals surface area contributed by atoms with Gasteiger partial charge < -0.3 is 29.5 Å². The van der Waals surface area contributed by atoms with E-state index in [-0.39, 0.29) is 17.7 Å². The Balaban J connectivity index is 0.000000271. The molecule has 2 atom stereocenters. The monoisotopic (exact) mass is 688 g/mol. The lowest BCUT2D eigenvalue weighted by molar-refractivity contribution is 0.0598. The molecule has 0 fully saturated rings. The lowest BCUT2D eigenvalue weighted by Crippen LogP contribution is -2.20. The van der Waals surface area contributed by atoms with Crippen molar-refractivity contribution in [2.75, 3.05) is 21.3 Å². The van der Waals surface area contributed by atoms with Crippen molar-refractivity contribution in [3.05, 3.63) is 132 Å². The highest BCUT2D eigenvalue weighted by molar-refractivity contribution is 5.90. The lowest BCUT2D eigenvalue weighted by Gasteiger charge is -2.29. The van der Waals surface area contributed by atoms with Gasteiger partial charge in [-0.2, -0.15) is 0 Å². The summed E-state index contributed by atoms with van der Waals surface area (Å²) < 4.78 is 44.0. The Labute approximate surface area is 293 Å². The van der Waals surface area contributed by atoms with Gasteiger partial charge in [-0.05, 0) is 76.3 Å². The molecule has 0 bridgehead atoms. The number of methoxy groups -OCH3 is 3. The standard InChI is InChI=1S/C21H23FO4.C20H23FO3/c1-6-21(2,3)19(23)17-11-13(20(24)26-5)7-9-15(17)16-12-14(25-4)8-10-18(16)22;1-5-20(2,3)19(23)17-10-13(12-22)6-8-15(17)16-11-14(24-4)7-9-18(16)21/h6-12,19,23H,1H2,2-5H3;5-11,19,22-23H,1,12H2,2-4H3. The van der Waals surface area contributed by atoms with Gasteiger partial charge >= 0.3 is 5.97 Å². The van der Waals surface area contributed by atoms with Gasteiger partial charge in [0.1, 0.15) is 23.1 Å². The molecule has 0 aromatic heterocycles. The van der Waals surface area contributed by atoms with Crippen LogP contribution in [0.2, 0.25) is 0 Å². The third-order valence-electron chi connectivity index (χ3n) is 8.75. The Morgan fingerprint density at radius 3 is 1.54 bits per heavy atom. The molecule has 3 N–H and O–H groups in total. The third kappa shape index (κ3) is 8.84. The zero-order chi connectivity index (χ0) is 37.4. The van der Waals surface area contributed by atoms with E-state index in [2.05, 4.69) is 13.2 Å². The largest absolute Gasteiger partial charge is 0.497 e. The van der Waals surface area contributed by atoms with E-state index in [4.69, 9.17) is 14.2 Å². The summed E-state index contributed by atoms with van der Waals surface area (Å²) in [6, 6.07) is 18.6. The van der Waals surface area contributed by atoms with Gasteiger partial charge in [0.05, 0.1) is 45.7 Å². The summed E-state index contributed by atoms with van der Waals surface area (Å²) in [5.41, 5.74) is 2.20. The van der Waals surface area contributed by atoms with Crippen LogP contribution >= 0.6 is 0 Å². The number of halogens is 2. The maximum absolute atomic E-state index is 14.5. The first-order valence-corrected chi connectivity index (χ1v) is 15.9. The summed E-state index contributed by atoms with van der Waals surface area (Å²) in [5, 5.41) is 31.1. The molecule has 4 aromatic carbocycles. The molecule has 0 aliphatic heterocycles. The molecule has 4 rings (SSSR count). The van der Waals surface area contributed by atoms with Gasteiger partial charge in [0.15, 0.2) is 0 Å². The van der Waals surface area contributed by atoms with Crippen LogP contribution in [0.4, 0.5) is 8.78 Å². The Kier molecular flexibility index (Phi) is 13.2. The number of aliphatic hydroxyl groups is 3. The highest BCUT2D eigenvalue weighted by Gasteiger charge is 2.31. The summed E-state index contributed by atoms with van der Waals surface area (Å²) in [7, 11) is 4.29. The molecule has 7 nitrogen and oxygen atoms in total. The van der Waals surface area contributed by atoms with E-state index in [1.165, 1.54) is 51.7 Å². The van der Waals surface area contributed by atoms with Gasteiger partial charge in [0.25, 0.3) is 0 Å². The van der Waals surface area contributed by atoms with Gasteiger partial charge in [-0.1, -0.05) is 64.1 Å². The van der Waals surface area contributed by atoms with E-state index in [1.807, 2.05) is 13.8 Å².